The summed E-state index contributed by atoms with van der Waals surface area (Å²) in [6.45, 7) is 0.564. The molecule has 0 aliphatic carbocycles. The summed E-state index contributed by atoms with van der Waals surface area (Å²) >= 11 is 0. The first-order valence-electron chi connectivity index (χ1n) is 7.32. The molecule has 23 heavy (non-hydrogen) atoms. The van der Waals surface area contributed by atoms with E-state index in [4.69, 9.17) is 0 Å². The Morgan fingerprint density at radius 3 is 3.09 bits per heavy atom. The highest BCUT2D eigenvalue weighted by Gasteiger charge is 2.08. The quantitative estimate of drug-likeness (QED) is 0.599. The van der Waals surface area contributed by atoms with Crippen LogP contribution in [0.2, 0.25) is 0 Å². The molecule has 7 heteroatoms. The molecule has 114 valence electrons. The number of nitrogens with one attached hydrogen (secondary N) is 2. The third-order valence-electron chi connectivity index (χ3n) is 3.81. The molecule has 0 aliphatic heterocycles. The van der Waals surface area contributed by atoms with Gasteiger partial charge >= 0.3 is 0 Å². The summed E-state index contributed by atoms with van der Waals surface area (Å²) in [5.41, 5.74) is 3.44. The predicted octanol–water partition coefficient (Wildman–Crippen LogP) is 1.58. The molecule has 4 rings (SSSR count). The summed E-state index contributed by atoms with van der Waals surface area (Å²) in [5.74, 6) is -0.137. The fraction of sp³-hybridized carbons (Fsp3) is 0.125. The van der Waals surface area contributed by atoms with E-state index in [0.29, 0.717) is 17.8 Å². The number of rotatable bonds is 4. The first-order chi connectivity index (χ1) is 11.3. The van der Waals surface area contributed by atoms with Crippen LogP contribution in [0.3, 0.4) is 0 Å². The Balaban J connectivity index is 1.43. The Hall–Kier alpha value is -3.22. The van der Waals surface area contributed by atoms with Gasteiger partial charge in [0.15, 0.2) is 5.65 Å². The number of tetrazole rings is 1. The standard InChI is InChI=1S/C16H14N6O/c23-16(12-5-6-15-19-20-21-22(15)10-12)17-8-7-11-9-18-14-4-2-1-3-13(11)14/h1-6,9-10,18H,7-8H2,(H,17,23). The highest BCUT2D eigenvalue weighted by atomic mass is 16.1. The Labute approximate surface area is 131 Å². The minimum Gasteiger partial charge on any atom is -0.361 e. The average Bonchev–Trinajstić information content (AvgIpc) is 3.21. The van der Waals surface area contributed by atoms with Crippen LogP contribution < -0.4 is 5.32 Å². The molecule has 0 saturated carbocycles. The van der Waals surface area contributed by atoms with Crippen molar-refractivity contribution in [3.63, 3.8) is 0 Å². The van der Waals surface area contributed by atoms with Crippen LogP contribution in [0.1, 0.15) is 15.9 Å². The topological polar surface area (TPSA) is 88.0 Å². The van der Waals surface area contributed by atoms with Crippen LogP contribution in [0.4, 0.5) is 0 Å². The molecule has 0 spiro atoms. The number of fused-ring (bicyclic) bond motifs is 2. The number of para-hydroxylation sites is 1. The van der Waals surface area contributed by atoms with Crippen LogP contribution in [0.5, 0.6) is 0 Å². The molecule has 1 aromatic carbocycles. The van der Waals surface area contributed by atoms with E-state index in [1.807, 2.05) is 24.4 Å². The maximum atomic E-state index is 12.2. The summed E-state index contributed by atoms with van der Waals surface area (Å²) in [5, 5.41) is 15.3. The number of aromatic nitrogens is 5. The maximum absolute atomic E-state index is 12.2. The molecule has 0 saturated heterocycles. The van der Waals surface area contributed by atoms with Crippen LogP contribution in [0, 0.1) is 0 Å². The third kappa shape index (κ3) is 2.52. The number of nitrogens with zero attached hydrogens (tertiary/aromatic N) is 4. The van der Waals surface area contributed by atoms with Crippen LogP contribution in [0.25, 0.3) is 16.6 Å². The minimum absolute atomic E-state index is 0.137. The van der Waals surface area contributed by atoms with Crippen molar-refractivity contribution < 1.29 is 4.79 Å². The van der Waals surface area contributed by atoms with Crippen molar-refractivity contribution in [3.8, 4) is 0 Å². The summed E-state index contributed by atoms with van der Waals surface area (Å²) in [6.07, 6.45) is 4.38. The Bertz CT molecular complexity index is 986. The fourth-order valence-corrected chi connectivity index (χ4v) is 2.63. The van der Waals surface area contributed by atoms with Gasteiger partial charge < -0.3 is 10.3 Å². The van der Waals surface area contributed by atoms with Crippen molar-refractivity contribution in [2.24, 2.45) is 0 Å². The number of H-pyrrole nitrogens is 1. The second-order valence-electron chi connectivity index (χ2n) is 5.26. The number of pyridine rings is 1. The normalized spacial score (nSPS) is 11.1. The molecule has 4 aromatic rings. The van der Waals surface area contributed by atoms with Crippen LogP contribution in [-0.4, -0.2) is 37.5 Å². The lowest BCUT2D eigenvalue weighted by molar-refractivity contribution is 0.0953. The van der Waals surface area contributed by atoms with Crippen molar-refractivity contribution in [3.05, 3.63) is 59.9 Å². The summed E-state index contributed by atoms with van der Waals surface area (Å²) < 4.78 is 1.48. The molecule has 7 nitrogen and oxygen atoms in total. The lowest BCUT2D eigenvalue weighted by Crippen LogP contribution is -2.25. The van der Waals surface area contributed by atoms with Crippen LogP contribution in [-0.2, 0) is 6.42 Å². The zero-order valence-electron chi connectivity index (χ0n) is 12.2. The van der Waals surface area contributed by atoms with Crippen molar-refractivity contribution >= 4 is 22.5 Å². The molecule has 0 radical (unpaired) electrons. The molecule has 0 fully saturated rings. The van der Waals surface area contributed by atoms with Gasteiger partial charge in [-0.25, -0.2) is 0 Å². The van der Waals surface area contributed by atoms with Crippen LogP contribution >= 0.6 is 0 Å². The molecular weight excluding hydrogens is 292 g/mol. The second-order valence-corrected chi connectivity index (χ2v) is 5.26. The number of carbonyl (C=O) groups is 1. The van der Waals surface area contributed by atoms with Crippen molar-refractivity contribution in [1.29, 1.82) is 0 Å². The van der Waals surface area contributed by atoms with Gasteiger partial charge in [-0.05, 0) is 40.6 Å². The first-order valence-corrected chi connectivity index (χ1v) is 7.32. The van der Waals surface area contributed by atoms with E-state index in [1.165, 1.54) is 15.5 Å². The number of carbonyl (C=O) groups excluding carboxylic acids is 1. The molecule has 0 aliphatic rings. The lowest BCUT2D eigenvalue weighted by atomic mass is 10.1. The summed E-state index contributed by atoms with van der Waals surface area (Å²) in [6, 6.07) is 11.6. The molecule has 0 bridgehead atoms. The predicted molar refractivity (Wildman–Crippen MR) is 85.1 cm³/mol. The second kappa shape index (κ2) is 5.53. The summed E-state index contributed by atoms with van der Waals surface area (Å²) in [7, 11) is 0. The van der Waals surface area contributed by atoms with E-state index in [-0.39, 0.29) is 5.91 Å². The number of hydrogen-bond donors (Lipinski definition) is 2. The average molecular weight is 306 g/mol. The van der Waals surface area contributed by atoms with E-state index in [9.17, 15) is 4.79 Å². The lowest BCUT2D eigenvalue weighted by Gasteiger charge is -2.05. The zero-order valence-corrected chi connectivity index (χ0v) is 12.2. The van der Waals surface area contributed by atoms with Gasteiger partial charge in [0.2, 0.25) is 0 Å². The number of aromatic amines is 1. The van der Waals surface area contributed by atoms with Crippen LogP contribution in [0.15, 0.2) is 48.8 Å². The van der Waals surface area contributed by atoms with Gasteiger partial charge in [-0.1, -0.05) is 18.2 Å². The first kappa shape index (κ1) is 13.4. The minimum atomic E-state index is -0.137. The number of hydrogen-bond acceptors (Lipinski definition) is 4. The monoisotopic (exact) mass is 306 g/mol. The smallest absolute Gasteiger partial charge is 0.252 e. The van der Waals surface area contributed by atoms with Crippen molar-refractivity contribution in [2.45, 2.75) is 6.42 Å². The van der Waals surface area contributed by atoms with E-state index >= 15 is 0 Å². The third-order valence-corrected chi connectivity index (χ3v) is 3.81. The van der Waals surface area contributed by atoms with Gasteiger partial charge in [-0.2, -0.15) is 4.52 Å². The molecular formula is C16H14N6O. The van der Waals surface area contributed by atoms with Crippen molar-refractivity contribution in [1.82, 2.24) is 30.3 Å². The highest BCUT2D eigenvalue weighted by Crippen LogP contribution is 2.17. The number of benzene rings is 1. The molecule has 3 heterocycles. The fourth-order valence-electron chi connectivity index (χ4n) is 2.63. The molecule has 1 amide bonds. The van der Waals surface area contributed by atoms with E-state index in [1.54, 1.807) is 18.3 Å². The SMILES string of the molecule is O=C(NCCc1c[nH]c2ccccc12)c1ccc2nnnn2c1. The number of amides is 1. The Morgan fingerprint density at radius 2 is 2.13 bits per heavy atom. The van der Waals surface area contributed by atoms with E-state index in [2.05, 4.69) is 31.9 Å². The zero-order chi connectivity index (χ0) is 15.6. The van der Waals surface area contributed by atoms with Gasteiger partial charge in [0.25, 0.3) is 5.91 Å². The Morgan fingerprint density at radius 1 is 1.22 bits per heavy atom. The van der Waals surface area contributed by atoms with Crippen molar-refractivity contribution in [2.75, 3.05) is 6.54 Å². The summed E-state index contributed by atoms with van der Waals surface area (Å²) in [4.78, 5) is 15.4. The van der Waals surface area contributed by atoms with E-state index < -0.39 is 0 Å². The maximum Gasteiger partial charge on any atom is 0.252 e. The molecule has 0 atom stereocenters. The molecule has 0 unspecified atom stereocenters. The van der Waals surface area contributed by atoms with Gasteiger partial charge in [-0.15, -0.1) is 5.10 Å². The van der Waals surface area contributed by atoms with Gasteiger partial charge in [0.05, 0.1) is 5.56 Å². The largest absolute Gasteiger partial charge is 0.361 e. The molecule has 2 N–H and O–H groups in total. The highest BCUT2D eigenvalue weighted by molar-refractivity contribution is 5.94. The molecule has 3 aromatic heterocycles. The van der Waals surface area contributed by atoms with Gasteiger partial charge in [-0.3, -0.25) is 4.79 Å². The van der Waals surface area contributed by atoms with E-state index in [0.717, 1.165) is 11.9 Å². The van der Waals surface area contributed by atoms with Gasteiger partial charge in [0, 0.05) is 29.8 Å². The van der Waals surface area contributed by atoms with Gasteiger partial charge in [0.1, 0.15) is 0 Å². The Kier molecular flexibility index (Phi) is 3.23.